The number of anilines is 1. The highest BCUT2D eigenvalue weighted by Crippen LogP contribution is 2.36. The molecule has 1 N–H and O–H groups in total. The highest BCUT2D eigenvalue weighted by Gasteiger charge is 2.30. The molecule has 1 aromatic heterocycles. The molecule has 1 aromatic carbocycles. The molecule has 2 rings (SSSR count). The van der Waals surface area contributed by atoms with Crippen molar-refractivity contribution < 1.29 is 28.8 Å². The van der Waals surface area contributed by atoms with E-state index in [4.69, 9.17) is 21.1 Å². The van der Waals surface area contributed by atoms with Gasteiger partial charge in [0.05, 0.1) is 27.7 Å². The predicted octanol–water partition coefficient (Wildman–Crippen LogP) is 5.00. The lowest BCUT2D eigenvalue weighted by molar-refractivity contribution is -0.384. The van der Waals surface area contributed by atoms with Crippen molar-refractivity contribution in [3.05, 3.63) is 54.9 Å². The van der Waals surface area contributed by atoms with E-state index in [2.05, 4.69) is 5.32 Å². The molecule has 0 saturated carbocycles. The molecule has 0 aliphatic rings. The molecule has 0 saturated heterocycles. The molecule has 9 nitrogen and oxygen atoms in total. The van der Waals surface area contributed by atoms with Gasteiger partial charge in [0.2, 0.25) is 0 Å². The maximum atomic E-state index is 12.8. The number of amides is 1. The predicted molar refractivity (Wildman–Crippen MR) is 116 cm³/mol. The number of nitro benzene ring substituents is 1. The van der Waals surface area contributed by atoms with Gasteiger partial charge in [-0.05, 0) is 46.2 Å². The number of benzene rings is 1. The standard InChI is InChI=1S/C20H21ClN2O7S/c1-6-29-18(25)14-10(2)15(19(26)30-20(3,4)5)31-17(14)22-16(24)12-9-11(23(27)28)7-8-13(12)21/h7-9H,6H2,1-5H3,(H,22,24). The van der Waals surface area contributed by atoms with E-state index in [1.807, 2.05) is 0 Å². The summed E-state index contributed by atoms with van der Waals surface area (Å²) in [4.78, 5) is 48.3. The van der Waals surface area contributed by atoms with Crippen LogP contribution >= 0.6 is 22.9 Å². The largest absolute Gasteiger partial charge is 0.462 e. The molecule has 0 atom stereocenters. The monoisotopic (exact) mass is 468 g/mol. The summed E-state index contributed by atoms with van der Waals surface area (Å²) in [5, 5.41) is 13.6. The number of nitrogens with one attached hydrogen (secondary N) is 1. The number of halogens is 1. The molecular weight excluding hydrogens is 448 g/mol. The summed E-state index contributed by atoms with van der Waals surface area (Å²) in [6.45, 7) is 8.35. The first-order chi connectivity index (χ1) is 14.4. The van der Waals surface area contributed by atoms with Gasteiger partial charge in [0.25, 0.3) is 11.6 Å². The van der Waals surface area contributed by atoms with Crippen molar-refractivity contribution in [2.45, 2.75) is 40.2 Å². The van der Waals surface area contributed by atoms with Gasteiger partial charge in [0.1, 0.15) is 15.5 Å². The van der Waals surface area contributed by atoms with Crippen molar-refractivity contribution in [2.24, 2.45) is 0 Å². The maximum absolute atomic E-state index is 12.8. The van der Waals surface area contributed by atoms with Gasteiger partial charge >= 0.3 is 11.9 Å². The van der Waals surface area contributed by atoms with E-state index in [0.717, 1.165) is 17.4 Å². The second kappa shape index (κ2) is 9.44. The van der Waals surface area contributed by atoms with Crippen LogP contribution in [0.15, 0.2) is 18.2 Å². The molecule has 0 fully saturated rings. The number of nitrogens with zero attached hydrogens (tertiary/aromatic N) is 1. The third kappa shape index (κ3) is 5.80. The van der Waals surface area contributed by atoms with E-state index < -0.39 is 28.4 Å². The number of nitro groups is 1. The van der Waals surface area contributed by atoms with Gasteiger partial charge in [-0.1, -0.05) is 11.6 Å². The summed E-state index contributed by atoms with van der Waals surface area (Å²) in [6, 6.07) is 3.42. The lowest BCUT2D eigenvalue weighted by atomic mass is 10.1. The van der Waals surface area contributed by atoms with Crippen LogP contribution in [0.4, 0.5) is 10.7 Å². The van der Waals surface area contributed by atoms with Gasteiger partial charge < -0.3 is 14.8 Å². The van der Waals surface area contributed by atoms with Crippen molar-refractivity contribution in [3.63, 3.8) is 0 Å². The van der Waals surface area contributed by atoms with Crippen molar-refractivity contribution in [1.82, 2.24) is 0 Å². The first kappa shape index (κ1) is 24.3. The summed E-state index contributed by atoms with van der Waals surface area (Å²) in [5.41, 5.74) is -0.953. The van der Waals surface area contributed by atoms with E-state index in [0.29, 0.717) is 0 Å². The van der Waals surface area contributed by atoms with Crippen LogP contribution in [0, 0.1) is 17.0 Å². The van der Waals surface area contributed by atoms with Crippen LogP contribution < -0.4 is 5.32 Å². The number of thiophene rings is 1. The fraction of sp³-hybridized carbons (Fsp3) is 0.350. The Kier molecular flexibility index (Phi) is 7.40. The number of non-ortho nitro benzene ring substituents is 1. The van der Waals surface area contributed by atoms with E-state index in [9.17, 15) is 24.5 Å². The van der Waals surface area contributed by atoms with Gasteiger partial charge in [0, 0.05) is 12.1 Å². The molecule has 2 aromatic rings. The SMILES string of the molecule is CCOC(=O)c1c(NC(=O)c2cc([N+](=O)[O-])ccc2Cl)sc(C(=O)OC(C)(C)C)c1C. The zero-order valence-electron chi connectivity index (χ0n) is 17.5. The quantitative estimate of drug-likeness (QED) is 0.359. The summed E-state index contributed by atoms with van der Waals surface area (Å²) < 4.78 is 10.4. The molecule has 11 heteroatoms. The van der Waals surface area contributed by atoms with Crippen LogP contribution in [-0.2, 0) is 9.47 Å². The molecule has 31 heavy (non-hydrogen) atoms. The third-order valence-electron chi connectivity index (χ3n) is 3.84. The minimum Gasteiger partial charge on any atom is -0.462 e. The van der Waals surface area contributed by atoms with Crippen molar-refractivity contribution in [3.8, 4) is 0 Å². The zero-order chi connectivity index (χ0) is 23.5. The van der Waals surface area contributed by atoms with Crippen LogP contribution in [0.5, 0.6) is 0 Å². The summed E-state index contributed by atoms with van der Waals surface area (Å²) in [7, 11) is 0. The van der Waals surface area contributed by atoms with E-state index in [1.165, 1.54) is 19.1 Å². The highest BCUT2D eigenvalue weighted by molar-refractivity contribution is 7.18. The zero-order valence-corrected chi connectivity index (χ0v) is 19.1. The van der Waals surface area contributed by atoms with Gasteiger partial charge in [-0.15, -0.1) is 11.3 Å². The number of carbonyl (C=O) groups is 3. The summed E-state index contributed by atoms with van der Waals surface area (Å²) >= 11 is 6.87. The first-order valence-corrected chi connectivity index (χ1v) is 10.3. The molecule has 1 heterocycles. The van der Waals surface area contributed by atoms with Crippen LogP contribution in [0.2, 0.25) is 5.02 Å². The minimum atomic E-state index is -0.781. The number of hydrogen-bond acceptors (Lipinski definition) is 8. The molecule has 0 spiro atoms. The Morgan fingerprint density at radius 2 is 1.87 bits per heavy atom. The van der Waals surface area contributed by atoms with Crippen molar-refractivity contribution >= 4 is 51.5 Å². The Labute approximate surface area is 187 Å². The number of esters is 2. The summed E-state index contributed by atoms with van der Waals surface area (Å²) in [6.07, 6.45) is 0. The maximum Gasteiger partial charge on any atom is 0.349 e. The van der Waals surface area contributed by atoms with Crippen LogP contribution in [0.3, 0.4) is 0 Å². The Hall–Kier alpha value is -2.98. The van der Waals surface area contributed by atoms with Gasteiger partial charge in [-0.2, -0.15) is 0 Å². The molecule has 0 radical (unpaired) electrons. The fourth-order valence-corrected chi connectivity index (χ4v) is 3.81. The summed E-state index contributed by atoms with van der Waals surface area (Å²) in [5.74, 6) is -2.17. The number of ether oxygens (including phenoxy) is 2. The van der Waals surface area contributed by atoms with Gasteiger partial charge in [-0.25, -0.2) is 9.59 Å². The molecule has 166 valence electrons. The van der Waals surface area contributed by atoms with Crippen LogP contribution in [-0.4, -0.2) is 35.0 Å². The highest BCUT2D eigenvalue weighted by atomic mass is 35.5. The molecule has 1 amide bonds. The number of carbonyl (C=O) groups excluding carboxylic acids is 3. The molecule has 0 unspecified atom stereocenters. The third-order valence-corrected chi connectivity index (χ3v) is 5.36. The average molecular weight is 469 g/mol. The second-order valence-electron chi connectivity index (χ2n) is 7.36. The molecule has 0 aliphatic heterocycles. The normalized spacial score (nSPS) is 11.0. The van der Waals surface area contributed by atoms with E-state index in [-0.39, 0.29) is 43.9 Å². The minimum absolute atomic E-state index is 0.00242. The van der Waals surface area contributed by atoms with Crippen molar-refractivity contribution in [1.29, 1.82) is 0 Å². The Bertz CT molecular complexity index is 1060. The smallest absolute Gasteiger partial charge is 0.349 e. The van der Waals surface area contributed by atoms with Gasteiger partial charge in [0.15, 0.2) is 0 Å². The molecule has 0 bridgehead atoms. The fourth-order valence-electron chi connectivity index (χ4n) is 2.54. The second-order valence-corrected chi connectivity index (χ2v) is 8.79. The van der Waals surface area contributed by atoms with Crippen molar-refractivity contribution in [2.75, 3.05) is 11.9 Å². The van der Waals surface area contributed by atoms with E-state index in [1.54, 1.807) is 27.7 Å². The Balaban J connectivity index is 2.50. The van der Waals surface area contributed by atoms with Crippen LogP contribution in [0.25, 0.3) is 0 Å². The first-order valence-electron chi connectivity index (χ1n) is 9.14. The number of hydrogen-bond donors (Lipinski definition) is 1. The molecule has 0 aliphatic carbocycles. The van der Waals surface area contributed by atoms with E-state index >= 15 is 0 Å². The van der Waals surface area contributed by atoms with Crippen LogP contribution in [0.1, 0.15) is 63.6 Å². The lowest BCUT2D eigenvalue weighted by Crippen LogP contribution is -2.23. The lowest BCUT2D eigenvalue weighted by Gasteiger charge is -2.19. The molecular formula is C20H21ClN2O7S. The number of rotatable bonds is 6. The van der Waals surface area contributed by atoms with Gasteiger partial charge in [-0.3, -0.25) is 14.9 Å². The topological polar surface area (TPSA) is 125 Å². The Morgan fingerprint density at radius 3 is 2.42 bits per heavy atom. The average Bonchev–Trinajstić information content (AvgIpc) is 2.96. The Morgan fingerprint density at radius 1 is 1.23 bits per heavy atom.